The molecular weight excluding hydrogens is 612 g/mol. The van der Waals surface area contributed by atoms with E-state index in [0.717, 1.165) is 4.68 Å². The first-order chi connectivity index (χ1) is 21.3. The first-order valence-corrected chi connectivity index (χ1v) is 13.8. The molecule has 0 aliphatic carbocycles. The number of ether oxygens (including phenoxy) is 2. The van der Waals surface area contributed by atoms with Crippen molar-refractivity contribution in [1.29, 1.82) is 0 Å². The minimum absolute atomic E-state index is 0.0529. The maximum absolute atomic E-state index is 14.0. The summed E-state index contributed by atoms with van der Waals surface area (Å²) in [6.07, 6.45) is -8.51. The average Bonchev–Trinajstić information content (AvgIpc) is 3.46. The Morgan fingerprint density at radius 3 is 2.16 bits per heavy atom. The predicted octanol–water partition coefficient (Wildman–Crippen LogP) is 3.07. The molecule has 0 saturated carbocycles. The van der Waals surface area contributed by atoms with E-state index in [0.29, 0.717) is 29.8 Å². The maximum Gasteiger partial charge on any atom is 0.421 e. The van der Waals surface area contributed by atoms with Gasteiger partial charge in [-0.3, -0.25) is 9.59 Å². The number of methoxy groups -OCH3 is 2. The molecule has 17 heteroatoms. The number of halogens is 6. The molecule has 1 aromatic carbocycles. The van der Waals surface area contributed by atoms with Crippen LogP contribution in [-0.4, -0.2) is 89.6 Å². The van der Waals surface area contributed by atoms with Gasteiger partial charge in [0.05, 0.1) is 25.3 Å². The topological polar surface area (TPSA) is 106 Å². The lowest BCUT2D eigenvalue weighted by Gasteiger charge is -2.37. The maximum atomic E-state index is 14.0. The zero-order chi connectivity index (χ0) is 32.5. The lowest BCUT2D eigenvalue weighted by molar-refractivity contribution is -0.139. The number of amides is 1. The zero-order valence-corrected chi connectivity index (χ0v) is 24.2. The van der Waals surface area contributed by atoms with E-state index in [4.69, 9.17) is 9.47 Å². The third kappa shape index (κ3) is 6.97. The van der Waals surface area contributed by atoms with Crippen LogP contribution in [0.5, 0.6) is 5.75 Å². The molecule has 0 unspecified atom stereocenters. The van der Waals surface area contributed by atoms with Crippen molar-refractivity contribution in [3.63, 3.8) is 0 Å². The number of carbonyl (C=O) groups is 1. The number of anilines is 2. The van der Waals surface area contributed by atoms with E-state index in [9.17, 15) is 35.9 Å². The predicted molar refractivity (Wildman–Crippen MR) is 148 cm³/mol. The summed E-state index contributed by atoms with van der Waals surface area (Å²) >= 11 is 0. The molecule has 2 aliphatic rings. The van der Waals surface area contributed by atoms with E-state index < -0.39 is 41.2 Å². The van der Waals surface area contributed by atoms with Crippen molar-refractivity contribution in [2.45, 2.75) is 37.5 Å². The van der Waals surface area contributed by atoms with Gasteiger partial charge in [-0.05, 0) is 17.7 Å². The van der Waals surface area contributed by atoms with E-state index in [1.54, 1.807) is 29.2 Å². The Labute approximate surface area is 253 Å². The van der Waals surface area contributed by atoms with Crippen LogP contribution in [0.2, 0.25) is 0 Å². The molecular formula is C28H29F6N7O4. The van der Waals surface area contributed by atoms with Gasteiger partial charge in [0.2, 0.25) is 11.9 Å². The van der Waals surface area contributed by atoms with Gasteiger partial charge in [0.1, 0.15) is 17.4 Å². The van der Waals surface area contributed by atoms with Gasteiger partial charge in [-0.1, -0.05) is 12.1 Å². The smallest absolute Gasteiger partial charge is 0.421 e. The Kier molecular flexibility index (Phi) is 8.91. The Morgan fingerprint density at radius 2 is 1.60 bits per heavy atom. The number of alkyl halides is 6. The third-order valence-electron chi connectivity index (χ3n) is 7.77. The van der Waals surface area contributed by atoms with Crippen LogP contribution < -0.4 is 20.1 Å². The van der Waals surface area contributed by atoms with Crippen LogP contribution in [0.1, 0.15) is 23.1 Å². The van der Waals surface area contributed by atoms with Crippen molar-refractivity contribution in [2.75, 3.05) is 56.7 Å². The first kappa shape index (κ1) is 32.0. The molecule has 45 heavy (non-hydrogen) atoms. The van der Waals surface area contributed by atoms with Crippen LogP contribution in [0.15, 0.2) is 47.5 Å². The van der Waals surface area contributed by atoms with Crippen LogP contribution in [0.3, 0.4) is 0 Å². The molecule has 4 heterocycles. The molecule has 0 radical (unpaired) electrons. The molecule has 2 aromatic heterocycles. The minimum atomic E-state index is -4.98. The van der Waals surface area contributed by atoms with Crippen LogP contribution in [0, 0.1) is 0 Å². The molecule has 0 bridgehead atoms. The summed E-state index contributed by atoms with van der Waals surface area (Å²) in [5.41, 5.74) is -3.21. The normalized spacial score (nSPS) is 19.2. The number of carbonyl (C=O) groups excluding carboxylic acids is 1. The second-order valence-corrected chi connectivity index (χ2v) is 10.6. The van der Waals surface area contributed by atoms with Gasteiger partial charge in [0, 0.05) is 64.7 Å². The van der Waals surface area contributed by atoms with Crippen molar-refractivity contribution in [3.8, 4) is 5.75 Å². The third-order valence-corrected chi connectivity index (χ3v) is 7.77. The van der Waals surface area contributed by atoms with E-state index in [1.165, 1.54) is 24.0 Å². The Balaban J connectivity index is 1.37. The molecule has 5 rings (SSSR count). The van der Waals surface area contributed by atoms with Crippen LogP contribution in [-0.2, 0) is 28.4 Å². The SMILES string of the molecule is COc1ccc(Cn2nc(N3C[C@@H](OC)C[C@H]3C(=O)N3CCN(c4ncc(C(F)(F)F)cn4)CC3)cc(C(F)(F)F)c2=O)cc1. The molecule has 2 fully saturated rings. The molecule has 11 nitrogen and oxygen atoms in total. The first-order valence-electron chi connectivity index (χ1n) is 13.8. The van der Waals surface area contributed by atoms with Gasteiger partial charge >= 0.3 is 12.4 Å². The number of benzene rings is 1. The number of nitrogens with zero attached hydrogens (tertiary/aromatic N) is 7. The molecule has 2 aliphatic heterocycles. The number of hydrogen-bond acceptors (Lipinski definition) is 9. The highest BCUT2D eigenvalue weighted by atomic mass is 19.4. The lowest BCUT2D eigenvalue weighted by atomic mass is 10.1. The summed E-state index contributed by atoms with van der Waals surface area (Å²) in [4.78, 5) is 38.8. The van der Waals surface area contributed by atoms with Crippen LogP contribution in [0.25, 0.3) is 0 Å². The van der Waals surface area contributed by atoms with Crippen molar-refractivity contribution < 1.29 is 40.6 Å². The molecule has 3 aromatic rings. The second-order valence-electron chi connectivity index (χ2n) is 10.6. The molecule has 1 amide bonds. The van der Waals surface area contributed by atoms with Crippen molar-refractivity contribution in [1.82, 2.24) is 24.6 Å². The second kappa shape index (κ2) is 12.5. The fraction of sp³-hybridized carbons (Fsp3) is 0.464. The molecule has 2 atom stereocenters. The number of hydrogen-bond donors (Lipinski definition) is 0. The van der Waals surface area contributed by atoms with E-state index >= 15 is 0 Å². The summed E-state index contributed by atoms with van der Waals surface area (Å²) in [6, 6.07) is 6.14. The summed E-state index contributed by atoms with van der Waals surface area (Å²) in [5, 5.41) is 4.26. The fourth-order valence-corrected chi connectivity index (χ4v) is 5.31. The number of rotatable bonds is 7. The highest BCUT2D eigenvalue weighted by Crippen LogP contribution is 2.33. The highest BCUT2D eigenvalue weighted by molar-refractivity contribution is 5.86. The minimum Gasteiger partial charge on any atom is -0.497 e. The van der Waals surface area contributed by atoms with E-state index in [-0.39, 0.29) is 63.4 Å². The summed E-state index contributed by atoms with van der Waals surface area (Å²) in [6.45, 7) is 0.583. The highest BCUT2D eigenvalue weighted by Gasteiger charge is 2.43. The fourth-order valence-electron chi connectivity index (χ4n) is 5.31. The van der Waals surface area contributed by atoms with Crippen LogP contribution >= 0.6 is 0 Å². The van der Waals surface area contributed by atoms with Gasteiger partial charge in [-0.15, -0.1) is 0 Å². The monoisotopic (exact) mass is 641 g/mol. The average molecular weight is 642 g/mol. The Morgan fingerprint density at radius 1 is 0.956 bits per heavy atom. The number of piperazine rings is 1. The Bertz CT molecular complexity index is 1560. The summed E-state index contributed by atoms with van der Waals surface area (Å²) < 4.78 is 92.0. The molecule has 0 spiro atoms. The van der Waals surface area contributed by atoms with Gasteiger partial charge in [-0.25, -0.2) is 14.6 Å². The summed E-state index contributed by atoms with van der Waals surface area (Å²) in [5.74, 6) is 0.0245. The molecule has 242 valence electrons. The Hall–Kier alpha value is -4.41. The quantitative estimate of drug-likeness (QED) is 0.360. The van der Waals surface area contributed by atoms with Crippen molar-refractivity contribution in [2.24, 2.45) is 0 Å². The summed E-state index contributed by atoms with van der Waals surface area (Å²) in [7, 11) is 2.90. The molecule has 2 saturated heterocycles. The van der Waals surface area contributed by atoms with E-state index in [1.807, 2.05) is 0 Å². The molecule has 0 N–H and O–H groups in total. The van der Waals surface area contributed by atoms with Gasteiger partial charge in [-0.2, -0.15) is 31.4 Å². The van der Waals surface area contributed by atoms with E-state index in [2.05, 4.69) is 15.1 Å². The van der Waals surface area contributed by atoms with Gasteiger partial charge < -0.3 is 24.2 Å². The lowest BCUT2D eigenvalue weighted by Crippen LogP contribution is -2.54. The van der Waals surface area contributed by atoms with Crippen LogP contribution in [0.4, 0.5) is 38.1 Å². The standard InChI is InChI=1S/C28H29F6N7O4/c1-44-19-5-3-17(4-6-19)15-41-24(42)21(28(32,33)34)12-23(37-41)40-16-20(45-2)11-22(40)25(43)38-7-9-39(10-8-38)26-35-13-18(14-36-26)27(29,30)31/h3-6,12-14,20,22H,7-11,15-16H2,1-2H3/t20-,22-/m0/s1. The van der Waals surface area contributed by atoms with Crippen molar-refractivity contribution >= 4 is 17.7 Å². The largest absolute Gasteiger partial charge is 0.497 e. The number of aromatic nitrogens is 4. The van der Waals surface area contributed by atoms with Gasteiger partial charge in [0.25, 0.3) is 5.56 Å². The van der Waals surface area contributed by atoms with Crippen molar-refractivity contribution in [3.05, 3.63) is 69.8 Å². The van der Waals surface area contributed by atoms with Gasteiger partial charge in [0.15, 0.2) is 5.82 Å². The zero-order valence-electron chi connectivity index (χ0n) is 24.2.